The van der Waals surface area contributed by atoms with Gasteiger partial charge in [-0.2, -0.15) is 14.5 Å². The molecule has 0 saturated heterocycles. The molecule has 0 amide bonds. The number of hydrogen-bond acceptors (Lipinski definition) is 5. The predicted octanol–water partition coefficient (Wildman–Crippen LogP) is -0.463. The molecule has 18 heavy (non-hydrogen) atoms. The highest BCUT2D eigenvalue weighted by Gasteiger charge is 2.27. The molecular formula is C12H12BrN4S-. The molecule has 1 aromatic carbocycles. The van der Waals surface area contributed by atoms with Gasteiger partial charge in [-0.15, -0.1) is 0 Å². The molecule has 0 unspecified atom stereocenters. The molecule has 2 heterocycles. The summed E-state index contributed by atoms with van der Waals surface area (Å²) in [5.74, 6) is 0.974. The number of benzene rings is 1. The molecule has 0 saturated carbocycles. The summed E-state index contributed by atoms with van der Waals surface area (Å²) >= 11 is 1.41. The monoisotopic (exact) mass is 323 g/mol. The number of halogens is 1. The third kappa shape index (κ3) is 2.35. The Hall–Kier alpha value is -1.14. The van der Waals surface area contributed by atoms with Crippen molar-refractivity contribution in [2.75, 3.05) is 6.54 Å². The maximum atomic E-state index is 4.63. The molecule has 1 aromatic rings. The van der Waals surface area contributed by atoms with Crippen LogP contribution in [0.1, 0.15) is 18.9 Å². The van der Waals surface area contributed by atoms with Crippen molar-refractivity contribution in [1.29, 1.82) is 0 Å². The lowest BCUT2D eigenvalue weighted by Gasteiger charge is -2.19. The van der Waals surface area contributed by atoms with E-state index in [9.17, 15) is 0 Å². The van der Waals surface area contributed by atoms with Crippen LogP contribution in [0, 0.1) is 0 Å². The Morgan fingerprint density at radius 1 is 1.28 bits per heavy atom. The Bertz CT molecular complexity index is 524. The smallest absolute Gasteiger partial charge is 0.209 e. The summed E-state index contributed by atoms with van der Waals surface area (Å²) in [6, 6.07) is 10.2. The molecule has 6 heteroatoms. The van der Waals surface area contributed by atoms with Crippen molar-refractivity contribution in [2.24, 2.45) is 14.5 Å². The van der Waals surface area contributed by atoms with Gasteiger partial charge < -0.3 is 17.0 Å². The minimum atomic E-state index is 0. The van der Waals surface area contributed by atoms with Crippen molar-refractivity contribution in [2.45, 2.75) is 13.3 Å². The van der Waals surface area contributed by atoms with Gasteiger partial charge in [0.2, 0.25) is 5.17 Å². The average molecular weight is 324 g/mol. The number of hydrazone groups is 1. The SMILES string of the molecule is CCC1=NSC2=NCC(c3ccccc3)=NN12.[Br-]. The van der Waals surface area contributed by atoms with Crippen LogP contribution >= 0.6 is 11.9 Å². The molecule has 0 bridgehead atoms. The highest BCUT2D eigenvalue weighted by Crippen LogP contribution is 2.25. The molecule has 0 fully saturated rings. The number of aliphatic imine (C=N–C) groups is 1. The largest absolute Gasteiger partial charge is 1.00 e. The maximum absolute atomic E-state index is 4.63. The van der Waals surface area contributed by atoms with Gasteiger partial charge in [-0.25, -0.2) is 0 Å². The lowest BCUT2D eigenvalue weighted by molar-refractivity contribution is -0.00000349. The second kappa shape index (κ2) is 5.67. The summed E-state index contributed by atoms with van der Waals surface area (Å²) in [7, 11) is 0. The van der Waals surface area contributed by atoms with Gasteiger partial charge in [0.25, 0.3) is 0 Å². The van der Waals surface area contributed by atoms with Crippen molar-refractivity contribution in [3.63, 3.8) is 0 Å². The number of hydrogen-bond donors (Lipinski definition) is 0. The van der Waals surface area contributed by atoms with Gasteiger partial charge in [0.15, 0.2) is 0 Å². The maximum Gasteiger partial charge on any atom is 0.209 e. The van der Waals surface area contributed by atoms with Gasteiger partial charge in [-0.3, -0.25) is 4.99 Å². The molecule has 2 aliphatic heterocycles. The third-order valence-corrected chi connectivity index (χ3v) is 3.43. The van der Waals surface area contributed by atoms with E-state index in [4.69, 9.17) is 0 Å². The van der Waals surface area contributed by atoms with E-state index in [0.717, 1.165) is 28.7 Å². The Labute approximate surface area is 121 Å². The summed E-state index contributed by atoms with van der Waals surface area (Å²) in [4.78, 5) is 4.51. The van der Waals surface area contributed by atoms with E-state index < -0.39 is 0 Å². The zero-order valence-corrected chi connectivity index (χ0v) is 12.3. The van der Waals surface area contributed by atoms with Crippen molar-refractivity contribution < 1.29 is 17.0 Å². The summed E-state index contributed by atoms with van der Waals surface area (Å²) in [6.45, 7) is 2.71. The summed E-state index contributed by atoms with van der Waals surface area (Å²) in [6.07, 6.45) is 0.873. The van der Waals surface area contributed by atoms with E-state index in [1.807, 2.05) is 23.2 Å². The number of amidine groups is 2. The fourth-order valence-electron chi connectivity index (χ4n) is 1.77. The van der Waals surface area contributed by atoms with Crippen molar-refractivity contribution in [3.8, 4) is 0 Å². The highest BCUT2D eigenvalue weighted by molar-refractivity contribution is 8.13. The van der Waals surface area contributed by atoms with Crippen LogP contribution in [0.4, 0.5) is 0 Å². The van der Waals surface area contributed by atoms with E-state index in [1.54, 1.807) is 0 Å². The first-order valence-corrected chi connectivity index (χ1v) is 6.37. The predicted molar refractivity (Wildman–Crippen MR) is 72.4 cm³/mol. The van der Waals surface area contributed by atoms with Crippen LogP contribution in [0.5, 0.6) is 0 Å². The van der Waals surface area contributed by atoms with E-state index in [0.29, 0.717) is 6.54 Å². The van der Waals surface area contributed by atoms with Crippen LogP contribution in [0.25, 0.3) is 0 Å². The molecule has 0 radical (unpaired) electrons. The molecule has 0 atom stereocenters. The average Bonchev–Trinajstić information content (AvgIpc) is 2.81. The standard InChI is InChI=1S/C12H12N4S.BrH/c1-2-11-15-17-12-13-8-10(14-16(11)12)9-6-4-3-5-7-9;/h3-7H,2,8H2,1H3;1H/p-1. The van der Waals surface area contributed by atoms with Crippen LogP contribution in [0.15, 0.2) is 44.8 Å². The molecule has 0 N–H and O–H groups in total. The van der Waals surface area contributed by atoms with E-state index >= 15 is 0 Å². The van der Waals surface area contributed by atoms with Crippen LogP contribution in [-0.4, -0.2) is 28.3 Å². The zero-order chi connectivity index (χ0) is 11.7. The Kier molecular flexibility index (Phi) is 4.19. The Morgan fingerprint density at radius 3 is 2.78 bits per heavy atom. The fraction of sp³-hybridized carbons (Fsp3) is 0.250. The van der Waals surface area contributed by atoms with Crippen LogP contribution < -0.4 is 17.0 Å². The summed E-state index contributed by atoms with van der Waals surface area (Å²) in [5.41, 5.74) is 2.13. The van der Waals surface area contributed by atoms with Crippen molar-refractivity contribution >= 4 is 28.7 Å². The quantitative estimate of drug-likeness (QED) is 0.691. The van der Waals surface area contributed by atoms with Gasteiger partial charge >= 0.3 is 0 Å². The molecule has 94 valence electrons. The Morgan fingerprint density at radius 2 is 2.06 bits per heavy atom. The van der Waals surface area contributed by atoms with Crippen LogP contribution in [0.3, 0.4) is 0 Å². The first-order valence-electron chi connectivity index (χ1n) is 5.60. The highest BCUT2D eigenvalue weighted by atomic mass is 79.9. The molecule has 3 rings (SSSR count). The van der Waals surface area contributed by atoms with E-state index in [-0.39, 0.29) is 17.0 Å². The second-order valence-electron chi connectivity index (χ2n) is 3.78. The van der Waals surface area contributed by atoms with Gasteiger partial charge in [0.1, 0.15) is 5.84 Å². The van der Waals surface area contributed by atoms with Gasteiger partial charge in [-0.05, 0) is 5.56 Å². The van der Waals surface area contributed by atoms with Crippen molar-refractivity contribution in [3.05, 3.63) is 35.9 Å². The van der Waals surface area contributed by atoms with Crippen molar-refractivity contribution in [1.82, 2.24) is 5.01 Å². The van der Waals surface area contributed by atoms with E-state index in [1.165, 1.54) is 11.9 Å². The number of rotatable bonds is 2. The topological polar surface area (TPSA) is 40.3 Å². The minimum absolute atomic E-state index is 0. The van der Waals surface area contributed by atoms with Gasteiger partial charge in [0, 0.05) is 6.42 Å². The fourth-order valence-corrected chi connectivity index (χ4v) is 2.51. The molecule has 0 spiro atoms. The summed E-state index contributed by atoms with van der Waals surface area (Å²) < 4.78 is 4.35. The second-order valence-corrected chi connectivity index (χ2v) is 4.51. The lowest BCUT2D eigenvalue weighted by Crippen LogP contribution is -3.00. The molecule has 2 aliphatic rings. The first-order chi connectivity index (χ1) is 8.38. The first kappa shape index (κ1) is 13.3. The number of fused-ring (bicyclic) bond motifs is 1. The van der Waals surface area contributed by atoms with Gasteiger partial charge in [0.05, 0.1) is 24.2 Å². The normalized spacial score (nSPS) is 17.4. The number of nitrogens with zero attached hydrogens (tertiary/aromatic N) is 4. The lowest BCUT2D eigenvalue weighted by atomic mass is 10.1. The summed E-state index contributed by atoms with van der Waals surface area (Å²) in [5, 5.41) is 7.38. The Balaban J connectivity index is 0.00000120. The van der Waals surface area contributed by atoms with Crippen LogP contribution in [-0.2, 0) is 0 Å². The molecule has 0 aliphatic carbocycles. The molecule has 0 aromatic heterocycles. The third-order valence-electron chi connectivity index (χ3n) is 2.67. The molecular weight excluding hydrogens is 312 g/mol. The van der Waals surface area contributed by atoms with Crippen LogP contribution in [0.2, 0.25) is 0 Å². The van der Waals surface area contributed by atoms with Gasteiger partial charge in [-0.1, -0.05) is 37.3 Å². The minimum Gasteiger partial charge on any atom is -1.00 e. The zero-order valence-electron chi connectivity index (χ0n) is 9.88. The molecule has 4 nitrogen and oxygen atoms in total. The van der Waals surface area contributed by atoms with E-state index in [2.05, 4.69) is 33.5 Å².